The Bertz CT molecular complexity index is 49.5. The van der Waals surface area contributed by atoms with Crippen LogP contribution in [0.15, 0.2) is 12.2 Å². The number of allylic oxidation sites excluding steroid dienone is 2. The number of hydrogen-bond donors (Lipinski definition) is 0. The van der Waals surface area contributed by atoms with Crippen molar-refractivity contribution in [2.45, 2.75) is 11.1 Å². The first kappa shape index (κ1) is 6.40. The minimum absolute atomic E-state index is 0.812. The van der Waals surface area contributed by atoms with E-state index in [4.69, 9.17) is 0 Å². The molecule has 0 spiro atoms. The average molecular weight is 200 g/mol. The van der Waals surface area contributed by atoms with E-state index in [1.54, 1.807) is 35.6 Å². The number of alkyl halides is 2. The van der Waals surface area contributed by atoms with Gasteiger partial charge in [0.05, 0.1) is 0 Å². The molecule has 0 aromatic carbocycles. The Morgan fingerprint density at radius 1 is 1.83 bits per heavy atom. The Morgan fingerprint density at radius 2 is 2.33 bits per heavy atom. The van der Waals surface area contributed by atoms with Gasteiger partial charge in [0.25, 0.3) is 0 Å². The molecular formula is C4H6FI. The van der Waals surface area contributed by atoms with Crippen LogP contribution in [0.5, 0.6) is 0 Å². The van der Waals surface area contributed by atoms with Gasteiger partial charge in [-0.15, -0.1) is 0 Å². The molecule has 0 N–H and O–H groups in total. The molecule has 6 heavy (non-hydrogen) atoms. The largest absolute Gasteiger partial charge is 0.231 e. The van der Waals surface area contributed by atoms with Crippen molar-refractivity contribution in [2.75, 3.05) is 0 Å². The van der Waals surface area contributed by atoms with Crippen molar-refractivity contribution in [3.63, 3.8) is 0 Å². The SMILES string of the molecule is CC=CC(F)I. The van der Waals surface area contributed by atoms with Crippen LogP contribution < -0.4 is 0 Å². The Morgan fingerprint density at radius 3 is 2.33 bits per heavy atom. The van der Waals surface area contributed by atoms with Gasteiger partial charge < -0.3 is 0 Å². The molecule has 0 nitrogen and oxygen atoms in total. The van der Waals surface area contributed by atoms with Crippen LogP contribution in [0.3, 0.4) is 0 Å². The fraction of sp³-hybridized carbons (Fsp3) is 0.500. The Balaban J connectivity index is 3.03. The molecule has 0 radical (unpaired) electrons. The first-order valence-electron chi connectivity index (χ1n) is 1.68. The lowest BCUT2D eigenvalue weighted by Gasteiger charge is -1.80. The number of halogens is 2. The second-order valence-electron chi connectivity index (χ2n) is 0.860. The van der Waals surface area contributed by atoms with E-state index in [9.17, 15) is 4.39 Å². The molecule has 0 aliphatic carbocycles. The maximum atomic E-state index is 11.6. The van der Waals surface area contributed by atoms with Crippen LogP contribution in [0.1, 0.15) is 6.92 Å². The molecule has 0 aliphatic heterocycles. The van der Waals surface area contributed by atoms with Crippen molar-refractivity contribution < 1.29 is 4.39 Å². The van der Waals surface area contributed by atoms with Gasteiger partial charge in [0.1, 0.15) is 0 Å². The van der Waals surface area contributed by atoms with Crippen LogP contribution in [-0.4, -0.2) is 4.18 Å². The summed E-state index contributed by atoms with van der Waals surface area (Å²) in [7, 11) is 0. The van der Waals surface area contributed by atoms with E-state index in [2.05, 4.69) is 0 Å². The third-order valence-electron chi connectivity index (χ3n) is 0.338. The van der Waals surface area contributed by atoms with Gasteiger partial charge in [-0.3, -0.25) is 0 Å². The fourth-order valence-corrected chi connectivity index (χ4v) is 0.561. The summed E-state index contributed by atoms with van der Waals surface area (Å²) in [6.07, 6.45) is 3.18. The summed E-state index contributed by atoms with van der Waals surface area (Å²) < 4.78 is 10.8. The summed E-state index contributed by atoms with van der Waals surface area (Å²) in [6, 6.07) is 0. The van der Waals surface area contributed by atoms with E-state index in [1.807, 2.05) is 0 Å². The number of rotatable bonds is 1. The average Bonchev–Trinajstić information content (AvgIpc) is 1.35. The normalized spacial score (nSPS) is 15.8. The lowest BCUT2D eigenvalue weighted by atomic mass is 10.6. The molecule has 36 valence electrons. The highest BCUT2D eigenvalue weighted by Gasteiger charge is 1.84. The second kappa shape index (κ2) is 3.59. The summed E-state index contributed by atoms with van der Waals surface area (Å²) in [5.41, 5.74) is 0. The quantitative estimate of drug-likeness (QED) is 0.346. The molecular weight excluding hydrogens is 194 g/mol. The summed E-state index contributed by atoms with van der Waals surface area (Å²) in [4.78, 5) is 0. The first-order chi connectivity index (χ1) is 2.77. The highest BCUT2D eigenvalue weighted by molar-refractivity contribution is 14.1. The monoisotopic (exact) mass is 200 g/mol. The zero-order valence-electron chi connectivity index (χ0n) is 3.49. The van der Waals surface area contributed by atoms with Crippen LogP contribution in [0.4, 0.5) is 4.39 Å². The minimum Gasteiger partial charge on any atom is -0.231 e. The van der Waals surface area contributed by atoms with Gasteiger partial charge in [0.2, 0.25) is 0 Å². The molecule has 2 heteroatoms. The van der Waals surface area contributed by atoms with Crippen molar-refractivity contribution in [3.05, 3.63) is 12.2 Å². The predicted molar refractivity (Wildman–Crippen MR) is 33.7 cm³/mol. The van der Waals surface area contributed by atoms with E-state index < -0.39 is 4.18 Å². The van der Waals surface area contributed by atoms with E-state index >= 15 is 0 Å². The van der Waals surface area contributed by atoms with Crippen molar-refractivity contribution in [2.24, 2.45) is 0 Å². The molecule has 1 atom stereocenters. The van der Waals surface area contributed by atoms with Crippen molar-refractivity contribution >= 4 is 22.6 Å². The van der Waals surface area contributed by atoms with Crippen LogP contribution in [0.25, 0.3) is 0 Å². The summed E-state index contributed by atoms with van der Waals surface area (Å²) in [6.45, 7) is 1.80. The summed E-state index contributed by atoms with van der Waals surface area (Å²) in [5.74, 6) is 0. The smallest absolute Gasteiger partial charge is 0.169 e. The van der Waals surface area contributed by atoms with E-state index in [-0.39, 0.29) is 0 Å². The van der Waals surface area contributed by atoms with Crippen LogP contribution in [-0.2, 0) is 0 Å². The second-order valence-corrected chi connectivity index (χ2v) is 2.05. The zero-order chi connectivity index (χ0) is 4.99. The highest BCUT2D eigenvalue weighted by atomic mass is 127. The molecule has 0 heterocycles. The summed E-state index contributed by atoms with van der Waals surface area (Å²) in [5, 5.41) is 0. The van der Waals surface area contributed by atoms with E-state index in [0.29, 0.717) is 0 Å². The maximum absolute atomic E-state index is 11.6. The van der Waals surface area contributed by atoms with Crippen LogP contribution >= 0.6 is 22.6 Å². The third kappa shape index (κ3) is 4.40. The van der Waals surface area contributed by atoms with Gasteiger partial charge in [-0.25, -0.2) is 4.39 Å². The molecule has 0 aliphatic rings. The molecule has 0 aromatic rings. The first-order valence-corrected chi connectivity index (χ1v) is 2.93. The topological polar surface area (TPSA) is 0 Å². The molecule has 0 saturated carbocycles. The van der Waals surface area contributed by atoms with Crippen LogP contribution in [0.2, 0.25) is 0 Å². The maximum Gasteiger partial charge on any atom is 0.169 e. The van der Waals surface area contributed by atoms with Gasteiger partial charge in [-0.1, -0.05) is 6.08 Å². The predicted octanol–water partition coefficient (Wildman–Crippen LogP) is 2.29. The lowest BCUT2D eigenvalue weighted by Crippen LogP contribution is -1.72. The molecule has 0 amide bonds. The Labute approximate surface area is 50.6 Å². The molecule has 0 aromatic heterocycles. The Hall–Kier alpha value is 0.400. The molecule has 0 bridgehead atoms. The van der Waals surface area contributed by atoms with Crippen molar-refractivity contribution in [1.82, 2.24) is 0 Å². The molecule has 0 rings (SSSR count). The van der Waals surface area contributed by atoms with Crippen molar-refractivity contribution in [1.29, 1.82) is 0 Å². The molecule has 1 unspecified atom stereocenters. The van der Waals surface area contributed by atoms with Gasteiger partial charge in [-0.2, -0.15) is 0 Å². The van der Waals surface area contributed by atoms with Crippen LogP contribution in [0, 0.1) is 0 Å². The minimum atomic E-state index is -0.812. The van der Waals surface area contributed by atoms with Gasteiger partial charge in [-0.05, 0) is 35.6 Å². The van der Waals surface area contributed by atoms with Gasteiger partial charge in [0, 0.05) is 0 Å². The Kier molecular flexibility index (Phi) is 3.82. The number of hydrogen-bond acceptors (Lipinski definition) is 0. The van der Waals surface area contributed by atoms with Gasteiger partial charge >= 0.3 is 0 Å². The summed E-state index contributed by atoms with van der Waals surface area (Å²) >= 11 is 1.69. The third-order valence-corrected chi connectivity index (χ3v) is 0.753. The highest BCUT2D eigenvalue weighted by Crippen LogP contribution is 2.01. The van der Waals surface area contributed by atoms with E-state index in [1.165, 1.54) is 6.08 Å². The lowest BCUT2D eigenvalue weighted by molar-refractivity contribution is 0.539. The standard InChI is InChI=1S/C4H6FI/c1-2-3-4(5)6/h2-4H,1H3. The van der Waals surface area contributed by atoms with E-state index in [0.717, 1.165) is 0 Å². The molecule has 0 fully saturated rings. The molecule has 0 saturated heterocycles. The zero-order valence-corrected chi connectivity index (χ0v) is 5.65. The van der Waals surface area contributed by atoms with Crippen molar-refractivity contribution in [3.8, 4) is 0 Å². The fourth-order valence-electron chi connectivity index (χ4n) is 0.145. The van der Waals surface area contributed by atoms with Gasteiger partial charge in [0.15, 0.2) is 4.18 Å².